The van der Waals surface area contributed by atoms with Gasteiger partial charge in [-0.2, -0.15) is 0 Å². The van der Waals surface area contributed by atoms with Crippen LogP contribution in [0.25, 0.3) is 0 Å². The number of amides is 1. The van der Waals surface area contributed by atoms with E-state index in [4.69, 9.17) is 17.3 Å². The number of carbonyl (C=O) groups is 1. The highest BCUT2D eigenvalue weighted by atomic mass is 35.5. The van der Waals surface area contributed by atoms with Gasteiger partial charge in [0.15, 0.2) is 0 Å². The highest BCUT2D eigenvalue weighted by molar-refractivity contribution is 6.30. The Bertz CT molecular complexity index is 736. The predicted octanol–water partition coefficient (Wildman–Crippen LogP) is 3.84. The molecule has 4 nitrogen and oxygen atoms in total. The zero-order chi connectivity index (χ0) is 17.1. The number of halogens is 2. The maximum Gasteiger partial charge on any atom is 0.225 e. The van der Waals surface area contributed by atoms with Gasteiger partial charge in [-0.05, 0) is 42.3 Å². The van der Waals surface area contributed by atoms with Crippen LogP contribution in [0.3, 0.4) is 0 Å². The number of carbonyl (C=O) groups excluding carboxylic acids is 1. The molecule has 0 radical (unpaired) electrons. The number of benzene rings is 2. The van der Waals surface area contributed by atoms with Crippen molar-refractivity contribution in [3.8, 4) is 0 Å². The highest BCUT2D eigenvalue weighted by Crippen LogP contribution is 2.33. The molecule has 2 aromatic rings. The topological polar surface area (TPSA) is 58.4 Å². The Morgan fingerprint density at radius 1 is 1.29 bits per heavy atom. The van der Waals surface area contributed by atoms with Crippen molar-refractivity contribution in [1.82, 2.24) is 4.90 Å². The molecule has 1 atom stereocenters. The second-order valence-electron chi connectivity index (χ2n) is 5.93. The van der Waals surface area contributed by atoms with E-state index in [9.17, 15) is 9.18 Å². The normalized spacial score (nSPS) is 17.3. The van der Waals surface area contributed by atoms with Crippen LogP contribution >= 0.6 is 11.6 Å². The van der Waals surface area contributed by atoms with Gasteiger partial charge < -0.3 is 11.1 Å². The van der Waals surface area contributed by atoms with Gasteiger partial charge >= 0.3 is 0 Å². The summed E-state index contributed by atoms with van der Waals surface area (Å²) in [6.45, 7) is 1.58. The van der Waals surface area contributed by atoms with Crippen LogP contribution in [0.4, 0.5) is 15.8 Å². The zero-order valence-corrected chi connectivity index (χ0v) is 13.9. The largest absolute Gasteiger partial charge is 0.399 e. The van der Waals surface area contributed by atoms with Gasteiger partial charge in [-0.1, -0.05) is 23.7 Å². The molecule has 0 aromatic heterocycles. The summed E-state index contributed by atoms with van der Waals surface area (Å²) in [5.74, 6) is -0.707. The number of hydrogen-bond donors (Lipinski definition) is 2. The Morgan fingerprint density at radius 3 is 2.71 bits per heavy atom. The summed E-state index contributed by atoms with van der Waals surface area (Å²) in [6.07, 6.45) is 1.37. The van der Waals surface area contributed by atoms with Crippen LogP contribution in [0.2, 0.25) is 5.02 Å². The minimum Gasteiger partial charge on any atom is -0.399 e. The van der Waals surface area contributed by atoms with Gasteiger partial charge in [0.1, 0.15) is 5.82 Å². The van der Waals surface area contributed by atoms with Crippen molar-refractivity contribution in [3.05, 3.63) is 58.9 Å². The molecule has 24 heavy (non-hydrogen) atoms. The number of nitrogen functional groups attached to an aromatic ring is 1. The summed E-state index contributed by atoms with van der Waals surface area (Å²) in [4.78, 5) is 14.3. The first kappa shape index (κ1) is 16.7. The fourth-order valence-electron chi connectivity index (χ4n) is 2.87. The Hall–Kier alpha value is -2.11. The molecule has 1 amide bonds. The molecular formula is C18H19ClFN3O. The van der Waals surface area contributed by atoms with E-state index in [0.717, 1.165) is 13.0 Å². The van der Waals surface area contributed by atoms with Crippen LogP contribution in [-0.2, 0) is 4.79 Å². The first-order valence-electron chi connectivity index (χ1n) is 7.87. The molecule has 3 rings (SSSR count). The van der Waals surface area contributed by atoms with Crippen molar-refractivity contribution in [2.75, 3.05) is 24.1 Å². The number of rotatable bonds is 5. The Labute approximate surface area is 145 Å². The van der Waals surface area contributed by atoms with Crippen LogP contribution in [0.5, 0.6) is 0 Å². The molecule has 0 aliphatic carbocycles. The second kappa shape index (κ2) is 7.20. The predicted molar refractivity (Wildman–Crippen MR) is 94.4 cm³/mol. The molecule has 126 valence electrons. The van der Waals surface area contributed by atoms with Gasteiger partial charge in [0, 0.05) is 36.3 Å². The summed E-state index contributed by atoms with van der Waals surface area (Å²) in [6, 6.07) is 12.2. The minimum absolute atomic E-state index is 0.123. The van der Waals surface area contributed by atoms with Crippen molar-refractivity contribution in [2.24, 2.45) is 0 Å². The summed E-state index contributed by atoms with van der Waals surface area (Å²) < 4.78 is 13.6. The van der Waals surface area contributed by atoms with Gasteiger partial charge in [-0.15, -0.1) is 0 Å². The van der Waals surface area contributed by atoms with E-state index in [-0.39, 0.29) is 11.6 Å². The molecule has 0 saturated carbocycles. The third kappa shape index (κ3) is 3.86. The summed E-state index contributed by atoms with van der Waals surface area (Å²) in [5, 5.41) is 3.29. The van der Waals surface area contributed by atoms with Crippen LogP contribution < -0.4 is 11.1 Å². The molecule has 1 fully saturated rings. The van der Waals surface area contributed by atoms with Gasteiger partial charge in [0.05, 0.1) is 5.69 Å². The number of anilines is 2. The van der Waals surface area contributed by atoms with Crippen LogP contribution in [0.1, 0.15) is 24.4 Å². The third-order valence-electron chi connectivity index (χ3n) is 4.28. The maximum absolute atomic E-state index is 13.6. The quantitative estimate of drug-likeness (QED) is 0.808. The van der Waals surface area contributed by atoms with Crippen LogP contribution in [0, 0.1) is 5.82 Å². The zero-order valence-electron chi connectivity index (χ0n) is 13.1. The van der Waals surface area contributed by atoms with E-state index in [1.807, 2.05) is 24.3 Å². The third-order valence-corrected chi connectivity index (χ3v) is 4.53. The molecule has 1 aliphatic rings. The number of nitrogens with one attached hydrogen (secondary N) is 1. The van der Waals surface area contributed by atoms with Crippen molar-refractivity contribution in [2.45, 2.75) is 18.9 Å². The smallest absolute Gasteiger partial charge is 0.225 e. The summed E-state index contributed by atoms with van der Waals surface area (Å²) in [5.41, 5.74) is 7.35. The summed E-state index contributed by atoms with van der Waals surface area (Å²) >= 11 is 5.91. The van der Waals surface area contributed by atoms with E-state index < -0.39 is 5.82 Å². The fraction of sp³-hybridized carbons (Fsp3) is 0.278. The summed E-state index contributed by atoms with van der Waals surface area (Å²) in [7, 11) is 0. The lowest BCUT2D eigenvalue weighted by atomic mass is 9.94. The van der Waals surface area contributed by atoms with E-state index in [1.165, 1.54) is 23.8 Å². The molecule has 2 aromatic carbocycles. The lowest BCUT2D eigenvalue weighted by Gasteiger charge is -2.41. The monoisotopic (exact) mass is 347 g/mol. The molecule has 6 heteroatoms. The van der Waals surface area contributed by atoms with Gasteiger partial charge in [-0.3, -0.25) is 9.69 Å². The van der Waals surface area contributed by atoms with Crippen molar-refractivity contribution < 1.29 is 9.18 Å². The Morgan fingerprint density at radius 2 is 2.04 bits per heavy atom. The molecule has 0 bridgehead atoms. The molecule has 1 unspecified atom stereocenters. The first-order chi connectivity index (χ1) is 11.5. The number of nitrogens with two attached hydrogens (primary N) is 1. The first-order valence-corrected chi connectivity index (χ1v) is 8.25. The van der Waals surface area contributed by atoms with Crippen LogP contribution in [0.15, 0.2) is 42.5 Å². The van der Waals surface area contributed by atoms with E-state index in [1.54, 1.807) is 0 Å². The Balaban J connectivity index is 1.53. The molecule has 0 spiro atoms. The molecule has 1 heterocycles. The van der Waals surface area contributed by atoms with Crippen molar-refractivity contribution in [1.29, 1.82) is 0 Å². The van der Waals surface area contributed by atoms with Crippen molar-refractivity contribution >= 4 is 28.9 Å². The molecule has 1 aliphatic heterocycles. The number of nitrogens with zero attached hydrogens (tertiary/aromatic N) is 1. The fourth-order valence-corrected chi connectivity index (χ4v) is 2.99. The number of likely N-dealkylation sites (tertiary alicyclic amines) is 1. The standard InChI is InChI=1S/C18H19ClFN3O/c19-13-3-1-12(2-4-13)17-7-9-23(17)10-8-18(24)22-16-11-14(21)5-6-15(16)20/h1-6,11,17H,7-10,21H2,(H,22,24). The Kier molecular flexibility index (Phi) is 5.02. The van der Waals surface area contributed by atoms with E-state index in [0.29, 0.717) is 29.7 Å². The highest BCUT2D eigenvalue weighted by Gasteiger charge is 2.29. The van der Waals surface area contributed by atoms with Crippen molar-refractivity contribution in [3.63, 3.8) is 0 Å². The molecule has 3 N–H and O–H groups in total. The van der Waals surface area contributed by atoms with Crippen LogP contribution in [-0.4, -0.2) is 23.9 Å². The number of hydrogen-bond acceptors (Lipinski definition) is 3. The van der Waals surface area contributed by atoms with E-state index >= 15 is 0 Å². The van der Waals surface area contributed by atoms with E-state index in [2.05, 4.69) is 10.2 Å². The lowest BCUT2D eigenvalue weighted by molar-refractivity contribution is -0.117. The van der Waals surface area contributed by atoms with Gasteiger partial charge in [0.2, 0.25) is 5.91 Å². The average Bonchev–Trinajstić information content (AvgIpc) is 2.52. The second-order valence-corrected chi connectivity index (χ2v) is 6.37. The van der Waals surface area contributed by atoms with Gasteiger partial charge in [-0.25, -0.2) is 4.39 Å². The molecule has 1 saturated heterocycles. The van der Waals surface area contributed by atoms with Gasteiger partial charge in [0.25, 0.3) is 0 Å². The maximum atomic E-state index is 13.6. The average molecular weight is 348 g/mol. The SMILES string of the molecule is Nc1ccc(F)c(NC(=O)CCN2CCC2c2ccc(Cl)cc2)c1. The lowest BCUT2D eigenvalue weighted by Crippen LogP contribution is -2.42. The molecular weight excluding hydrogens is 329 g/mol. The minimum atomic E-state index is -0.486.